The molecule has 0 saturated carbocycles. The van der Waals surface area contributed by atoms with Crippen molar-refractivity contribution in [2.45, 2.75) is 30.9 Å². The lowest BCUT2D eigenvalue weighted by Crippen LogP contribution is -2.42. The third-order valence-corrected chi connectivity index (χ3v) is 5.63. The summed E-state index contributed by atoms with van der Waals surface area (Å²) in [7, 11) is 0. The van der Waals surface area contributed by atoms with Crippen molar-refractivity contribution in [3.63, 3.8) is 0 Å². The number of carbonyl (C=O) groups excluding carboxylic acids is 1. The number of nitriles is 1. The SMILES string of the molecule is N#C[C@@H]1CC(F)(F)CN1C(=O)CN1CC[C@H](Oc2ccc(Cl)c3cccnc23)C1. The summed E-state index contributed by atoms with van der Waals surface area (Å²) in [5, 5.41) is 10.5. The number of alkyl halides is 2. The van der Waals surface area contributed by atoms with Gasteiger partial charge in [-0.2, -0.15) is 5.26 Å². The topological polar surface area (TPSA) is 69.5 Å². The van der Waals surface area contributed by atoms with Gasteiger partial charge in [0.1, 0.15) is 23.4 Å². The van der Waals surface area contributed by atoms with Gasteiger partial charge >= 0.3 is 0 Å². The highest BCUT2D eigenvalue weighted by molar-refractivity contribution is 6.35. The van der Waals surface area contributed by atoms with Gasteiger partial charge in [0.05, 0.1) is 24.2 Å². The molecule has 0 radical (unpaired) electrons. The number of halogens is 3. The van der Waals surface area contributed by atoms with Gasteiger partial charge in [0.25, 0.3) is 5.92 Å². The third-order valence-electron chi connectivity index (χ3n) is 5.30. The fourth-order valence-electron chi connectivity index (χ4n) is 3.90. The summed E-state index contributed by atoms with van der Waals surface area (Å²) in [6.45, 7) is 0.398. The first-order chi connectivity index (χ1) is 13.9. The molecule has 0 spiro atoms. The second-order valence-electron chi connectivity index (χ2n) is 7.44. The molecule has 3 heterocycles. The van der Waals surface area contributed by atoms with Gasteiger partial charge in [-0.3, -0.25) is 14.7 Å². The van der Waals surface area contributed by atoms with E-state index in [-0.39, 0.29) is 12.6 Å². The van der Waals surface area contributed by atoms with Crippen molar-refractivity contribution in [1.82, 2.24) is 14.8 Å². The minimum atomic E-state index is -3.00. The van der Waals surface area contributed by atoms with Crippen LogP contribution in [0.5, 0.6) is 5.75 Å². The molecule has 2 fully saturated rings. The Morgan fingerprint density at radius 3 is 3.03 bits per heavy atom. The van der Waals surface area contributed by atoms with E-state index in [9.17, 15) is 13.6 Å². The van der Waals surface area contributed by atoms with E-state index in [1.54, 1.807) is 30.5 Å². The molecule has 0 aliphatic carbocycles. The maximum atomic E-state index is 13.6. The van der Waals surface area contributed by atoms with E-state index in [2.05, 4.69) is 4.98 Å². The van der Waals surface area contributed by atoms with E-state index in [1.807, 2.05) is 11.0 Å². The van der Waals surface area contributed by atoms with Crippen LogP contribution in [-0.2, 0) is 4.79 Å². The monoisotopic (exact) mass is 420 g/mol. The Hall–Kier alpha value is -2.50. The number of rotatable bonds is 4. The number of carbonyl (C=O) groups is 1. The van der Waals surface area contributed by atoms with Crippen molar-refractivity contribution >= 4 is 28.4 Å². The van der Waals surface area contributed by atoms with E-state index >= 15 is 0 Å². The Morgan fingerprint density at radius 1 is 1.41 bits per heavy atom. The van der Waals surface area contributed by atoms with Crippen LogP contribution < -0.4 is 4.74 Å². The van der Waals surface area contributed by atoms with Crippen LogP contribution in [0.4, 0.5) is 8.78 Å². The quantitative estimate of drug-likeness (QED) is 0.760. The lowest BCUT2D eigenvalue weighted by Gasteiger charge is -2.23. The lowest BCUT2D eigenvalue weighted by molar-refractivity contribution is -0.133. The summed E-state index contributed by atoms with van der Waals surface area (Å²) in [6.07, 6.45) is 1.61. The van der Waals surface area contributed by atoms with Gasteiger partial charge in [-0.1, -0.05) is 11.6 Å². The number of ether oxygens (including phenoxy) is 1. The fraction of sp³-hybridized carbons (Fsp3) is 0.450. The molecule has 1 aromatic carbocycles. The highest BCUT2D eigenvalue weighted by atomic mass is 35.5. The molecule has 4 rings (SSSR count). The van der Waals surface area contributed by atoms with E-state index in [1.165, 1.54) is 0 Å². The van der Waals surface area contributed by atoms with Crippen LogP contribution in [0.25, 0.3) is 10.9 Å². The van der Waals surface area contributed by atoms with Crippen LogP contribution in [-0.4, -0.2) is 64.9 Å². The van der Waals surface area contributed by atoms with Crippen molar-refractivity contribution in [1.29, 1.82) is 5.26 Å². The first kappa shape index (κ1) is 19.8. The molecule has 2 aromatic rings. The molecule has 0 bridgehead atoms. The van der Waals surface area contributed by atoms with E-state index in [0.717, 1.165) is 10.3 Å². The van der Waals surface area contributed by atoms with Gasteiger partial charge in [0.15, 0.2) is 0 Å². The van der Waals surface area contributed by atoms with Gasteiger partial charge in [0.2, 0.25) is 5.91 Å². The molecule has 2 atom stereocenters. The maximum absolute atomic E-state index is 13.6. The zero-order valence-corrected chi connectivity index (χ0v) is 16.3. The molecule has 1 amide bonds. The zero-order valence-electron chi connectivity index (χ0n) is 15.5. The first-order valence-corrected chi connectivity index (χ1v) is 9.73. The van der Waals surface area contributed by atoms with Gasteiger partial charge in [-0.25, -0.2) is 8.78 Å². The number of likely N-dealkylation sites (tertiary alicyclic amines) is 2. The number of aromatic nitrogens is 1. The highest BCUT2D eigenvalue weighted by Gasteiger charge is 2.47. The Kier molecular flexibility index (Phi) is 5.28. The molecule has 152 valence electrons. The fourth-order valence-corrected chi connectivity index (χ4v) is 4.12. The minimum absolute atomic E-state index is 0.00621. The van der Waals surface area contributed by atoms with E-state index in [4.69, 9.17) is 21.6 Å². The van der Waals surface area contributed by atoms with Gasteiger partial charge < -0.3 is 9.64 Å². The molecule has 2 saturated heterocycles. The van der Waals surface area contributed by atoms with Crippen molar-refractivity contribution in [2.24, 2.45) is 0 Å². The summed E-state index contributed by atoms with van der Waals surface area (Å²) < 4.78 is 33.2. The number of benzene rings is 1. The average Bonchev–Trinajstić information content (AvgIpc) is 3.27. The Balaban J connectivity index is 1.39. The normalized spacial score (nSPS) is 24.0. The molecule has 2 aliphatic rings. The Bertz CT molecular complexity index is 981. The van der Waals surface area contributed by atoms with E-state index in [0.29, 0.717) is 35.8 Å². The Labute approximate surface area is 171 Å². The number of nitrogens with zero attached hydrogens (tertiary/aromatic N) is 4. The van der Waals surface area contributed by atoms with Gasteiger partial charge in [-0.05, 0) is 30.7 Å². The predicted octanol–water partition coefficient (Wildman–Crippen LogP) is 3.10. The third kappa shape index (κ3) is 4.11. The second kappa shape index (κ2) is 7.73. The molecule has 0 N–H and O–H groups in total. The van der Waals surface area contributed by atoms with Gasteiger partial charge in [0, 0.05) is 31.1 Å². The summed E-state index contributed by atoms with van der Waals surface area (Å²) in [4.78, 5) is 19.7. The molecule has 0 unspecified atom stereocenters. The van der Waals surface area contributed by atoms with Crippen LogP contribution in [0.15, 0.2) is 30.5 Å². The number of hydrogen-bond acceptors (Lipinski definition) is 5. The largest absolute Gasteiger partial charge is 0.487 e. The highest BCUT2D eigenvalue weighted by Crippen LogP contribution is 2.33. The van der Waals surface area contributed by atoms with Crippen LogP contribution in [0.1, 0.15) is 12.8 Å². The maximum Gasteiger partial charge on any atom is 0.268 e. The van der Waals surface area contributed by atoms with Crippen molar-refractivity contribution in [3.8, 4) is 11.8 Å². The van der Waals surface area contributed by atoms with Crippen LogP contribution in [0, 0.1) is 11.3 Å². The van der Waals surface area contributed by atoms with Gasteiger partial charge in [-0.15, -0.1) is 0 Å². The second-order valence-corrected chi connectivity index (χ2v) is 7.84. The van der Waals surface area contributed by atoms with Crippen LogP contribution in [0.2, 0.25) is 5.02 Å². The Morgan fingerprint density at radius 2 is 2.24 bits per heavy atom. The van der Waals surface area contributed by atoms with Crippen molar-refractivity contribution in [2.75, 3.05) is 26.2 Å². The summed E-state index contributed by atoms with van der Waals surface area (Å²) >= 11 is 6.21. The standard InChI is InChI=1S/C20H19ClF2N4O2/c21-16-3-4-17(19-15(16)2-1-6-25-19)29-14-5-7-26(10-14)11-18(28)27-12-20(22,23)8-13(27)9-24/h1-4,6,13-14H,5,7-8,10-12H2/t13-,14-/m0/s1. The average molecular weight is 421 g/mol. The summed E-state index contributed by atoms with van der Waals surface area (Å²) in [5.41, 5.74) is 0.672. The molecule has 9 heteroatoms. The number of fused-ring (bicyclic) bond motifs is 1. The molecule has 2 aliphatic heterocycles. The zero-order chi connectivity index (χ0) is 20.6. The van der Waals surface area contributed by atoms with E-state index < -0.39 is 30.8 Å². The number of pyridine rings is 1. The first-order valence-electron chi connectivity index (χ1n) is 9.35. The van der Waals surface area contributed by atoms with Crippen LogP contribution >= 0.6 is 11.6 Å². The molecular formula is C20H19ClF2N4O2. The molecule has 6 nitrogen and oxygen atoms in total. The number of hydrogen-bond donors (Lipinski definition) is 0. The molecule has 29 heavy (non-hydrogen) atoms. The van der Waals surface area contributed by atoms with Crippen LogP contribution in [0.3, 0.4) is 0 Å². The summed E-state index contributed by atoms with van der Waals surface area (Å²) in [5.74, 6) is -2.84. The minimum Gasteiger partial charge on any atom is -0.487 e. The van der Waals surface area contributed by atoms with Crippen molar-refractivity contribution in [3.05, 3.63) is 35.5 Å². The smallest absolute Gasteiger partial charge is 0.268 e. The lowest BCUT2D eigenvalue weighted by atomic mass is 10.2. The molecular weight excluding hydrogens is 402 g/mol. The predicted molar refractivity (Wildman–Crippen MR) is 103 cm³/mol. The van der Waals surface area contributed by atoms with Crippen molar-refractivity contribution < 1.29 is 18.3 Å². The number of amides is 1. The summed E-state index contributed by atoms with van der Waals surface area (Å²) in [6, 6.07) is 7.93. The molecule has 1 aromatic heterocycles.